The van der Waals surface area contributed by atoms with Gasteiger partial charge in [-0.05, 0) is 49.6 Å². The van der Waals surface area contributed by atoms with Crippen LogP contribution in [0.25, 0.3) is 4.85 Å². The number of carbonyl (C=O) groups excluding carboxylic acids is 1. The molecule has 0 atom stereocenters. The van der Waals surface area contributed by atoms with Crippen LogP contribution < -0.4 is 10.1 Å². The Morgan fingerprint density at radius 2 is 1.67 bits per heavy atom. The smallest absolute Gasteiger partial charge is 0.296 e. The Labute approximate surface area is 277 Å². The molecule has 0 spiro atoms. The Morgan fingerprint density at radius 1 is 1.02 bits per heavy atom. The molecule has 0 radical (unpaired) electrons. The summed E-state index contributed by atoms with van der Waals surface area (Å²) in [5.74, 6) is 0.619. The minimum absolute atomic E-state index is 0.000404. The second kappa shape index (κ2) is 13.1. The fourth-order valence-corrected chi connectivity index (χ4v) is 8.27. The van der Waals surface area contributed by atoms with Gasteiger partial charge in [-0.3, -0.25) is 8.98 Å². The summed E-state index contributed by atoms with van der Waals surface area (Å²) in [4.78, 5) is 16.7. The highest BCUT2D eigenvalue weighted by atomic mass is 35.5. The minimum Gasteiger partial charge on any atom is -0.489 e. The van der Waals surface area contributed by atoms with Crippen LogP contribution in [0.1, 0.15) is 55.6 Å². The number of halogens is 1. The quantitative estimate of drug-likeness (QED) is 0.117. The zero-order valence-corrected chi connectivity index (χ0v) is 28.5. The number of rotatable bonds is 13. The minimum atomic E-state index is -3.82. The number of hydrogen-bond donors (Lipinski definition) is 1. The van der Waals surface area contributed by atoms with Crippen molar-refractivity contribution in [2.45, 2.75) is 64.5 Å². The van der Waals surface area contributed by atoms with Crippen molar-refractivity contribution in [3.63, 3.8) is 0 Å². The highest BCUT2D eigenvalue weighted by molar-refractivity contribution is 7.86. The summed E-state index contributed by atoms with van der Waals surface area (Å²) < 4.78 is 42.4. The second-order valence-electron chi connectivity index (χ2n) is 13.8. The van der Waals surface area contributed by atoms with Crippen LogP contribution in [0.4, 0.5) is 5.69 Å². The Kier molecular flexibility index (Phi) is 9.70. The third-order valence-corrected chi connectivity index (χ3v) is 11.1. The van der Waals surface area contributed by atoms with E-state index in [1.54, 1.807) is 42.5 Å². The fraction of sp³-hybridized carbons (Fsp3) is 0.444. The fourth-order valence-electron chi connectivity index (χ4n) is 7.15. The summed E-state index contributed by atoms with van der Waals surface area (Å²) in [5, 5.41) is 3.85. The van der Waals surface area contributed by atoms with Crippen LogP contribution in [0.15, 0.2) is 71.6 Å². The van der Waals surface area contributed by atoms with Crippen LogP contribution in [-0.4, -0.2) is 52.7 Å². The topological polar surface area (TPSA) is 95.3 Å². The van der Waals surface area contributed by atoms with E-state index in [0.29, 0.717) is 48.1 Å². The lowest BCUT2D eigenvalue weighted by Gasteiger charge is -2.63. The van der Waals surface area contributed by atoms with E-state index in [1.807, 2.05) is 31.2 Å². The van der Waals surface area contributed by atoms with Gasteiger partial charge in [-0.2, -0.15) is 8.42 Å². The van der Waals surface area contributed by atoms with Gasteiger partial charge in [0.2, 0.25) is 5.69 Å². The SMILES string of the molecule is [C-]#[N+]c1ccc(OC2C(C)(C)C(NCC(=O)c3ccc(CC4(CCOS(=O)(=O)c5ccc(C)cc5)COC4)cc3)C2(C)C)cc1Cl. The number of nitrogens with one attached hydrogen (secondary N) is 1. The van der Waals surface area contributed by atoms with Crippen molar-refractivity contribution in [2.75, 3.05) is 26.4 Å². The van der Waals surface area contributed by atoms with Crippen molar-refractivity contribution in [1.82, 2.24) is 5.32 Å². The zero-order chi connectivity index (χ0) is 33.3. The van der Waals surface area contributed by atoms with Crippen molar-refractivity contribution in [2.24, 2.45) is 16.2 Å². The van der Waals surface area contributed by atoms with Gasteiger partial charge in [0.15, 0.2) is 5.78 Å². The standard InChI is InChI=1S/C36H41ClN2O6S/c1-24-7-14-28(15-8-24)46(41,42)44-18-17-36(22-43-23-36)20-25-9-11-26(12-10-25)31(40)21-39-32-34(2,3)33(35(32,4)5)45-27-13-16-30(38-6)29(37)19-27/h7-16,19,32-33,39H,17-18,20-23H2,1-5H3. The molecule has 0 amide bonds. The maximum Gasteiger partial charge on any atom is 0.296 e. The number of aryl methyl sites for hydroxylation is 1. The molecule has 0 aromatic heterocycles. The van der Waals surface area contributed by atoms with Crippen LogP contribution >= 0.6 is 11.6 Å². The summed E-state index contributed by atoms with van der Waals surface area (Å²) >= 11 is 6.22. The normalized spacial score (nSPS) is 21.0. The summed E-state index contributed by atoms with van der Waals surface area (Å²) in [5.41, 5.74) is 2.31. The van der Waals surface area contributed by atoms with Gasteiger partial charge in [0, 0.05) is 27.9 Å². The predicted octanol–water partition coefficient (Wildman–Crippen LogP) is 7.21. The average molecular weight is 665 g/mol. The number of hydrogen-bond acceptors (Lipinski definition) is 7. The average Bonchev–Trinajstić information content (AvgIpc) is 2.98. The lowest BCUT2D eigenvalue weighted by atomic mass is 9.49. The molecule has 3 aromatic carbocycles. The van der Waals surface area contributed by atoms with Crippen molar-refractivity contribution < 1.29 is 26.9 Å². The van der Waals surface area contributed by atoms with Crippen molar-refractivity contribution in [3.05, 3.63) is 99.9 Å². The molecular weight excluding hydrogens is 624 g/mol. The monoisotopic (exact) mass is 664 g/mol. The molecule has 1 aliphatic heterocycles. The molecule has 1 aliphatic carbocycles. The summed E-state index contributed by atoms with van der Waals surface area (Å²) in [6.07, 6.45) is 1.11. The molecule has 46 heavy (non-hydrogen) atoms. The van der Waals surface area contributed by atoms with E-state index < -0.39 is 10.1 Å². The number of nitrogens with zero attached hydrogens (tertiary/aromatic N) is 1. The van der Waals surface area contributed by atoms with Crippen LogP contribution in [0.3, 0.4) is 0 Å². The Hall–Kier alpha value is -3.26. The lowest BCUT2D eigenvalue weighted by molar-refractivity contribution is -0.167. The van der Waals surface area contributed by atoms with Crippen LogP contribution in [-0.2, 0) is 25.5 Å². The molecule has 244 valence electrons. The molecule has 10 heteroatoms. The van der Waals surface area contributed by atoms with E-state index in [0.717, 1.165) is 11.1 Å². The maximum absolute atomic E-state index is 13.2. The van der Waals surface area contributed by atoms with E-state index in [2.05, 4.69) is 37.9 Å². The third-order valence-electron chi connectivity index (χ3n) is 9.45. The zero-order valence-electron chi connectivity index (χ0n) is 26.9. The Bertz CT molecular complexity index is 1710. The van der Waals surface area contributed by atoms with Crippen molar-refractivity contribution in [1.29, 1.82) is 0 Å². The molecule has 1 saturated carbocycles. The molecule has 0 unspecified atom stereocenters. The molecule has 2 fully saturated rings. The summed E-state index contributed by atoms with van der Waals surface area (Å²) in [6.45, 7) is 18.9. The van der Waals surface area contributed by atoms with Crippen LogP contribution in [0, 0.1) is 29.7 Å². The largest absolute Gasteiger partial charge is 0.489 e. The number of benzene rings is 3. The maximum atomic E-state index is 13.2. The van der Waals surface area contributed by atoms with Gasteiger partial charge in [0.05, 0.1) is 42.9 Å². The number of Topliss-reactive ketones (excluding diaryl/α,β-unsaturated/α-hetero) is 1. The number of ether oxygens (including phenoxy) is 2. The van der Waals surface area contributed by atoms with Gasteiger partial charge in [-0.25, -0.2) is 4.85 Å². The van der Waals surface area contributed by atoms with Gasteiger partial charge in [-0.15, -0.1) is 0 Å². The first-order chi connectivity index (χ1) is 21.7. The van der Waals surface area contributed by atoms with E-state index in [1.165, 1.54) is 0 Å². The van der Waals surface area contributed by atoms with Crippen LogP contribution in [0.5, 0.6) is 5.75 Å². The number of ketones is 1. The molecule has 2 aliphatic rings. The summed E-state index contributed by atoms with van der Waals surface area (Å²) in [7, 11) is -3.82. The molecule has 1 N–H and O–H groups in total. The van der Waals surface area contributed by atoms with Crippen molar-refractivity contribution >= 4 is 33.2 Å². The highest BCUT2D eigenvalue weighted by Gasteiger charge is 2.63. The van der Waals surface area contributed by atoms with Gasteiger partial charge in [0.25, 0.3) is 10.1 Å². The second-order valence-corrected chi connectivity index (χ2v) is 15.8. The van der Waals surface area contributed by atoms with Gasteiger partial charge in [-0.1, -0.05) is 87.3 Å². The Balaban J connectivity index is 1.13. The first-order valence-corrected chi connectivity index (χ1v) is 17.2. The molecule has 0 bridgehead atoms. The molecule has 8 nitrogen and oxygen atoms in total. The molecular formula is C36H41ClN2O6S. The first kappa shape index (κ1) is 34.1. The van der Waals surface area contributed by atoms with Crippen molar-refractivity contribution in [3.8, 4) is 5.75 Å². The van der Waals surface area contributed by atoms with Gasteiger partial charge in [0.1, 0.15) is 11.9 Å². The molecule has 3 aromatic rings. The Morgan fingerprint density at radius 3 is 2.24 bits per heavy atom. The highest BCUT2D eigenvalue weighted by Crippen LogP contribution is 2.55. The summed E-state index contributed by atoms with van der Waals surface area (Å²) in [6, 6.07) is 19.4. The van der Waals surface area contributed by atoms with E-state index >= 15 is 0 Å². The van der Waals surface area contributed by atoms with Gasteiger partial charge >= 0.3 is 0 Å². The first-order valence-electron chi connectivity index (χ1n) is 15.4. The molecule has 1 heterocycles. The van der Waals surface area contributed by atoms with Gasteiger partial charge < -0.3 is 14.8 Å². The third kappa shape index (κ3) is 7.02. The van der Waals surface area contributed by atoms with E-state index in [-0.39, 0.29) is 52.2 Å². The van der Waals surface area contributed by atoms with E-state index in [4.69, 9.17) is 31.8 Å². The van der Waals surface area contributed by atoms with Crippen LogP contribution in [0.2, 0.25) is 5.02 Å². The molecule has 1 saturated heterocycles. The number of carbonyl (C=O) groups is 1. The molecule has 5 rings (SSSR count). The predicted molar refractivity (Wildman–Crippen MR) is 178 cm³/mol. The van der Waals surface area contributed by atoms with E-state index in [9.17, 15) is 13.2 Å². The lowest BCUT2D eigenvalue weighted by Crippen LogP contribution is -2.74.